The van der Waals surface area contributed by atoms with E-state index in [9.17, 15) is 39.6 Å². The van der Waals surface area contributed by atoms with Crippen molar-refractivity contribution in [2.45, 2.75) is 24.5 Å². The molecule has 0 spiro atoms. The molecule has 0 bridgehead atoms. The molecular weight excluding hydrogens is 420 g/mol. The second kappa shape index (κ2) is 7.01. The van der Waals surface area contributed by atoms with Gasteiger partial charge in [0.1, 0.15) is 29.1 Å². The predicted molar refractivity (Wildman–Crippen MR) is 109 cm³/mol. The number of nitrogens with two attached hydrogens (primary N) is 1. The van der Waals surface area contributed by atoms with E-state index in [4.69, 9.17) is 5.73 Å². The van der Waals surface area contributed by atoms with E-state index in [1.165, 1.54) is 17.0 Å². The van der Waals surface area contributed by atoms with Crippen LogP contribution in [0, 0.1) is 11.8 Å². The van der Waals surface area contributed by atoms with Gasteiger partial charge < -0.3 is 26.2 Å². The molecule has 0 aliphatic heterocycles. The first kappa shape index (κ1) is 21.7. The summed E-state index contributed by atoms with van der Waals surface area (Å²) in [4.78, 5) is 51.3. The number of benzene rings is 1. The van der Waals surface area contributed by atoms with E-state index < -0.39 is 63.8 Å². The third kappa shape index (κ3) is 2.59. The molecule has 0 unspecified atom stereocenters. The van der Waals surface area contributed by atoms with Crippen LogP contribution in [-0.4, -0.2) is 74.8 Å². The van der Waals surface area contributed by atoms with Gasteiger partial charge in [-0.05, 0) is 50.6 Å². The maximum absolute atomic E-state index is 13.3. The zero-order chi connectivity index (χ0) is 23.7. The van der Waals surface area contributed by atoms with Crippen LogP contribution in [0.2, 0.25) is 0 Å². The van der Waals surface area contributed by atoms with Gasteiger partial charge >= 0.3 is 0 Å². The van der Waals surface area contributed by atoms with Gasteiger partial charge in [-0.1, -0.05) is 0 Å². The molecule has 1 aromatic rings. The van der Waals surface area contributed by atoms with Gasteiger partial charge in [-0.3, -0.25) is 24.1 Å². The van der Waals surface area contributed by atoms with E-state index in [1.807, 2.05) is 0 Å². The molecule has 4 rings (SSSR count). The molecule has 0 fully saturated rings. The van der Waals surface area contributed by atoms with Gasteiger partial charge in [-0.25, -0.2) is 0 Å². The summed E-state index contributed by atoms with van der Waals surface area (Å²) in [5.41, 5.74) is 1.80. The molecule has 10 nitrogen and oxygen atoms in total. The number of carbonyl (C=O) groups is 4. The number of phenols is 1. The molecule has 6 N–H and O–H groups in total. The maximum Gasteiger partial charge on any atom is 0.255 e. The molecule has 0 radical (unpaired) electrons. The Kier molecular flexibility index (Phi) is 4.76. The van der Waals surface area contributed by atoms with Crippen LogP contribution in [0.5, 0.6) is 5.75 Å². The molecule has 168 valence electrons. The summed E-state index contributed by atoms with van der Waals surface area (Å²) in [5.74, 6) is -7.18. The quantitative estimate of drug-likeness (QED) is 0.316. The van der Waals surface area contributed by atoms with Crippen LogP contribution in [0.15, 0.2) is 34.8 Å². The monoisotopic (exact) mass is 442 g/mol. The number of rotatable bonds is 3. The number of aliphatic hydroxyl groups is 3. The minimum atomic E-state index is -2.68. The van der Waals surface area contributed by atoms with Gasteiger partial charge in [-0.2, -0.15) is 0 Å². The molecule has 3 aliphatic rings. The number of aliphatic hydroxyl groups excluding tert-OH is 2. The number of fused-ring (bicyclic) bond motifs is 3. The number of hydrogen-bond acceptors (Lipinski definition) is 9. The summed E-state index contributed by atoms with van der Waals surface area (Å²) in [7, 11) is 3.10. The Labute approximate surface area is 182 Å². The minimum Gasteiger partial charge on any atom is -0.510 e. The van der Waals surface area contributed by atoms with E-state index in [1.54, 1.807) is 14.1 Å². The third-order valence-corrected chi connectivity index (χ3v) is 6.77. The average molecular weight is 442 g/mol. The third-order valence-electron chi connectivity index (χ3n) is 6.77. The Bertz CT molecular complexity index is 1160. The normalized spacial score (nSPS) is 29.6. The summed E-state index contributed by atoms with van der Waals surface area (Å²) < 4.78 is 0. The van der Waals surface area contributed by atoms with Crippen molar-refractivity contribution in [1.29, 1.82) is 0 Å². The Morgan fingerprint density at radius 2 is 1.88 bits per heavy atom. The lowest BCUT2D eigenvalue weighted by molar-refractivity contribution is -0.148. The molecular formula is C22H22N2O8. The van der Waals surface area contributed by atoms with Crippen molar-refractivity contribution in [3.8, 4) is 5.75 Å². The minimum absolute atomic E-state index is 0.0281. The van der Waals surface area contributed by atoms with Gasteiger partial charge in [0, 0.05) is 17.1 Å². The Balaban J connectivity index is 1.99. The first-order valence-corrected chi connectivity index (χ1v) is 9.91. The number of carbonyl (C=O) groups excluding carboxylic acids is 4. The highest BCUT2D eigenvalue weighted by molar-refractivity contribution is 6.24. The van der Waals surface area contributed by atoms with Crippen molar-refractivity contribution in [1.82, 2.24) is 4.90 Å². The average Bonchev–Trinajstić information content (AvgIpc) is 2.70. The first-order valence-electron chi connectivity index (χ1n) is 9.91. The first-order chi connectivity index (χ1) is 15.0. The van der Waals surface area contributed by atoms with Crippen molar-refractivity contribution in [2.75, 3.05) is 14.1 Å². The second-order valence-electron chi connectivity index (χ2n) is 8.61. The van der Waals surface area contributed by atoms with Crippen LogP contribution < -0.4 is 5.73 Å². The number of ketones is 2. The molecule has 0 heterocycles. The van der Waals surface area contributed by atoms with E-state index >= 15 is 0 Å². The molecule has 0 saturated carbocycles. The SMILES string of the molecule is CN(C)[C@@H]1C(O)=C(C(N)=O)C(=O)[C@@]2(O)C(O)=C3C(=O)c4c(O)ccc(C=O)c4C[C@H]3C[C@@H]12. The van der Waals surface area contributed by atoms with E-state index in [-0.39, 0.29) is 29.5 Å². The predicted octanol–water partition coefficient (Wildman–Crippen LogP) is -0.0669. The number of amides is 1. The number of allylic oxidation sites excluding steroid dienone is 1. The molecule has 1 aromatic carbocycles. The van der Waals surface area contributed by atoms with Crippen molar-refractivity contribution in [2.24, 2.45) is 17.6 Å². The van der Waals surface area contributed by atoms with E-state index in [0.29, 0.717) is 11.8 Å². The molecule has 10 heteroatoms. The number of Topliss-reactive ketones (excluding diaryl/α,β-unsaturated/α-hetero) is 2. The van der Waals surface area contributed by atoms with Crippen LogP contribution in [-0.2, 0) is 16.0 Å². The lowest BCUT2D eigenvalue weighted by Crippen LogP contribution is -2.63. The Morgan fingerprint density at radius 1 is 1.22 bits per heavy atom. The highest BCUT2D eigenvalue weighted by atomic mass is 16.3. The number of likely N-dealkylation sites (N-methyl/N-ethyl adjacent to an activating group) is 1. The highest BCUT2D eigenvalue weighted by Gasteiger charge is 2.63. The number of hydrogen-bond donors (Lipinski definition) is 5. The fourth-order valence-electron chi connectivity index (χ4n) is 5.39. The molecule has 4 atom stereocenters. The topological polar surface area (TPSA) is 178 Å². The summed E-state index contributed by atoms with van der Waals surface area (Å²) in [6, 6.07) is 1.50. The van der Waals surface area contributed by atoms with Crippen molar-refractivity contribution in [3.05, 3.63) is 51.5 Å². The number of aldehydes is 1. The van der Waals surface area contributed by atoms with Gasteiger partial charge in [0.15, 0.2) is 11.4 Å². The van der Waals surface area contributed by atoms with Gasteiger partial charge in [0.25, 0.3) is 5.91 Å². The number of primary amides is 1. The van der Waals surface area contributed by atoms with Gasteiger partial charge in [0.2, 0.25) is 5.78 Å². The zero-order valence-corrected chi connectivity index (χ0v) is 17.3. The van der Waals surface area contributed by atoms with Crippen LogP contribution in [0.1, 0.15) is 32.7 Å². The Morgan fingerprint density at radius 3 is 2.44 bits per heavy atom. The number of nitrogens with zero attached hydrogens (tertiary/aromatic N) is 1. The van der Waals surface area contributed by atoms with E-state index in [2.05, 4.69) is 0 Å². The molecule has 0 aromatic heterocycles. The van der Waals surface area contributed by atoms with Crippen molar-refractivity contribution in [3.63, 3.8) is 0 Å². The fourth-order valence-corrected chi connectivity index (χ4v) is 5.39. The molecule has 1 amide bonds. The van der Waals surface area contributed by atoms with Crippen LogP contribution in [0.3, 0.4) is 0 Å². The summed E-state index contributed by atoms with van der Waals surface area (Å²) in [5, 5.41) is 43.5. The Hall–Kier alpha value is -3.50. The van der Waals surface area contributed by atoms with Crippen molar-refractivity contribution < 1.29 is 39.6 Å². The van der Waals surface area contributed by atoms with E-state index in [0.717, 1.165) is 0 Å². The van der Waals surface area contributed by atoms with Crippen LogP contribution >= 0.6 is 0 Å². The maximum atomic E-state index is 13.3. The number of aromatic hydroxyl groups is 1. The molecule has 3 aliphatic carbocycles. The zero-order valence-electron chi connectivity index (χ0n) is 17.3. The van der Waals surface area contributed by atoms with Crippen LogP contribution in [0.4, 0.5) is 0 Å². The summed E-state index contributed by atoms with van der Waals surface area (Å²) in [6.45, 7) is 0. The second-order valence-corrected chi connectivity index (χ2v) is 8.61. The fraction of sp³-hybridized carbons (Fsp3) is 0.364. The summed E-state index contributed by atoms with van der Waals surface area (Å²) >= 11 is 0. The van der Waals surface area contributed by atoms with Crippen molar-refractivity contribution >= 4 is 23.8 Å². The van der Waals surface area contributed by atoms with Gasteiger partial charge in [-0.15, -0.1) is 0 Å². The smallest absolute Gasteiger partial charge is 0.255 e. The lowest BCUT2D eigenvalue weighted by Gasteiger charge is -2.50. The lowest BCUT2D eigenvalue weighted by atomic mass is 9.58. The van der Waals surface area contributed by atoms with Crippen LogP contribution in [0.25, 0.3) is 0 Å². The summed E-state index contributed by atoms with van der Waals surface area (Å²) in [6.07, 6.45) is 0.608. The standard InChI is InChI=1S/C22H22N2O8/c1-24(2)16-11-6-9-5-10-8(7-25)3-4-12(26)14(10)17(27)13(9)19(29)22(11,32)20(30)15(18(16)28)21(23)31/h3-4,7,9,11,16,26,28-29,32H,5-6H2,1-2H3,(H2,23,31)/t9-,11-,16-,22-/m0/s1. The largest absolute Gasteiger partial charge is 0.510 e. The number of phenolic OH excluding ortho intramolecular Hbond substituents is 1. The molecule has 32 heavy (non-hydrogen) atoms. The molecule has 0 saturated heterocycles. The van der Waals surface area contributed by atoms with Gasteiger partial charge in [0.05, 0.1) is 11.6 Å². The highest BCUT2D eigenvalue weighted by Crippen LogP contribution is 2.52.